The Hall–Kier alpha value is -2.73. The molecule has 2 amide bonds. The molecule has 2 aromatic rings. The lowest BCUT2D eigenvalue weighted by atomic mass is 10.2. The van der Waals surface area contributed by atoms with Crippen LogP contribution < -0.4 is 20.3 Å². The SMILES string of the molecule is CC(C)Oc1ccccc1NC(=O)NCc1ccc(N2CCOCC2)cc1. The molecular weight excluding hydrogens is 342 g/mol. The molecule has 6 heteroatoms. The van der Waals surface area contributed by atoms with Crippen molar-refractivity contribution in [3.05, 3.63) is 54.1 Å². The van der Waals surface area contributed by atoms with Crippen LogP contribution in [0.5, 0.6) is 5.75 Å². The molecule has 1 fully saturated rings. The van der Waals surface area contributed by atoms with Crippen LogP contribution in [0.1, 0.15) is 19.4 Å². The highest BCUT2D eigenvalue weighted by Gasteiger charge is 2.11. The zero-order chi connectivity index (χ0) is 19.1. The summed E-state index contributed by atoms with van der Waals surface area (Å²) in [6.45, 7) is 7.74. The van der Waals surface area contributed by atoms with Crippen LogP contribution in [0.2, 0.25) is 0 Å². The number of nitrogens with zero attached hydrogens (tertiary/aromatic N) is 1. The van der Waals surface area contributed by atoms with Crippen molar-refractivity contribution in [3.63, 3.8) is 0 Å². The third-order valence-electron chi connectivity index (χ3n) is 4.26. The van der Waals surface area contributed by atoms with Crippen molar-refractivity contribution in [3.8, 4) is 5.75 Å². The fourth-order valence-corrected chi connectivity index (χ4v) is 2.92. The summed E-state index contributed by atoms with van der Waals surface area (Å²) in [5, 5.41) is 5.74. The van der Waals surface area contributed by atoms with Crippen LogP contribution in [0.4, 0.5) is 16.2 Å². The van der Waals surface area contributed by atoms with E-state index in [4.69, 9.17) is 9.47 Å². The highest BCUT2D eigenvalue weighted by atomic mass is 16.5. The van der Waals surface area contributed by atoms with E-state index in [1.54, 1.807) is 0 Å². The van der Waals surface area contributed by atoms with E-state index in [1.165, 1.54) is 5.69 Å². The largest absolute Gasteiger partial charge is 0.489 e. The van der Waals surface area contributed by atoms with Gasteiger partial charge in [-0.2, -0.15) is 0 Å². The van der Waals surface area contributed by atoms with E-state index in [-0.39, 0.29) is 12.1 Å². The van der Waals surface area contributed by atoms with Gasteiger partial charge in [-0.05, 0) is 43.7 Å². The average molecular weight is 369 g/mol. The smallest absolute Gasteiger partial charge is 0.319 e. The molecule has 0 atom stereocenters. The number of hydrogen-bond acceptors (Lipinski definition) is 4. The molecule has 2 aromatic carbocycles. The van der Waals surface area contributed by atoms with Crippen LogP contribution in [0.25, 0.3) is 0 Å². The summed E-state index contributed by atoms with van der Waals surface area (Å²) in [6.07, 6.45) is 0.0426. The Morgan fingerprint density at radius 1 is 1.11 bits per heavy atom. The second-order valence-corrected chi connectivity index (χ2v) is 6.74. The number of urea groups is 1. The number of para-hydroxylation sites is 2. The lowest BCUT2D eigenvalue weighted by Gasteiger charge is -2.28. The minimum absolute atomic E-state index is 0.0426. The summed E-state index contributed by atoms with van der Waals surface area (Å²) in [7, 11) is 0. The molecule has 2 N–H and O–H groups in total. The van der Waals surface area contributed by atoms with Crippen LogP contribution in [0, 0.1) is 0 Å². The highest BCUT2D eigenvalue weighted by Crippen LogP contribution is 2.24. The van der Waals surface area contributed by atoms with Crippen molar-refractivity contribution in [2.45, 2.75) is 26.5 Å². The number of amides is 2. The maximum absolute atomic E-state index is 12.2. The first kappa shape index (κ1) is 19.0. The van der Waals surface area contributed by atoms with Crippen molar-refractivity contribution < 1.29 is 14.3 Å². The normalized spacial score (nSPS) is 14.1. The van der Waals surface area contributed by atoms with Gasteiger partial charge < -0.3 is 25.0 Å². The summed E-state index contributed by atoms with van der Waals surface area (Å²) < 4.78 is 11.1. The molecule has 0 unspecified atom stereocenters. The van der Waals surface area contributed by atoms with Gasteiger partial charge in [0.15, 0.2) is 0 Å². The molecule has 1 aliphatic rings. The van der Waals surface area contributed by atoms with Gasteiger partial charge in [0.25, 0.3) is 0 Å². The first-order valence-corrected chi connectivity index (χ1v) is 9.34. The van der Waals surface area contributed by atoms with Gasteiger partial charge in [0.05, 0.1) is 25.0 Å². The molecule has 6 nitrogen and oxygen atoms in total. The number of carbonyl (C=O) groups is 1. The Labute approximate surface area is 160 Å². The van der Waals surface area contributed by atoms with Crippen LogP contribution >= 0.6 is 0 Å². The van der Waals surface area contributed by atoms with E-state index in [9.17, 15) is 4.79 Å². The van der Waals surface area contributed by atoms with Crippen molar-refractivity contribution in [1.82, 2.24) is 5.32 Å². The van der Waals surface area contributed by atoms with E-state index < -0.39 is 0 Å². The molecule has 1 aliphatic heterocycles. The predicted molar refractivity (Wildman–Crippen MR) is 108 cm³/mol. The molecule has 0 aromatic heterocycles. The molecule has 0 radical (unpaired) electrons. The van der Waals surface area contributed by atoms with E-state index in [1.807, 2.05) is 50.2 Å². The number of ether oxygens (including phenoxy) is 2. The van der Waals surface area contributed by atoms with Gasteiger partial charge in [-0.3, -0.25) is 0 Å². The third kappa shape index (κ3) is 5.62. The molecular formula is C21H27N3O3. The Kier molecular flexibility index (Phi) is 6.54. The standard InChI is InChI=1S/C21H27N3O3/c1-16(2)27-20-6-4-3-5-19(20)23-21(25)22-15-17-7-9-18(10-8-17)24-11-13-26-14-12-24/h3-10,16H,11-15H2,1-2H3,(H2,22,23,25). The molecule has 1 saturated heterocycles. The summed E-state index contributed by atoms with van der Waals surface area (Å²) in [5.41, 5.74) is 2.89. The zero-order valence-electron chi connectivity index (χ0n) is 15.9. The maximum atomic E-state index is 12.2. The number of nitrogens with one attached hydrogen (secondary N) is 2. The maximum Gasteiger partial charge on any atom is 0.319 e. The predicted octanol–water partition coefficient (Wildman–Crippen LogP) is 3.63. The van der Waals surface area contributed by atoms with Crippen molar-refractivity contribution in [1.29, 1.82) is 0 Å². The van der Waals surface area contributed by atoms with Crippen LogP contribution in [0.15, 0.2) is 48.5 Å². The van der Waals surface area contributed by atoms with E-state index in [0.29, 0.717) is 18.0 Å². The molecule has 27 heavy (non-hydrogen) atoms. The van der Waals surface area contributed by atoms with Crippen molar-refractivity contribution >= 4 is 17.4 Å². The number of anilines is 2. The number of carbonyl (C=O) groups excluding carboxylic acids is 1. The average Bonchev–Trinajstić information content (AvgIpc) is 2.69. The molecule has 3 rings (SSSR count). The lowest BCUT2D eigenvalue weighted by molar-refractivity contribution is 0.122. The summed E-state index contributed by atoms with van der Waals surface area (Å²) in [4.78, 5) is 14.5. The quantitative estimate of drug-likeness (QED) is 0.816. The monoisotopic (exact) mass is 369 g/mol. The molecule has 0 spiro atoms. The van der Waals surface area contributed by atoms with E-state index in [2.05, 4.69) is 27.7 Å². The van der Waals surface area contributed by atoms with Gasteiger partial charge in [0.1, 0.15) is 5.75 Å². The highest BCUT2D eigenvalue weighted by molar-refractivity contribution is 5.90. The third-order valence-corrected chi connectivity index (χ3v) is 4.26. The Morgan fingerprint density at radius 2 is 1.81 bits per heavy atom. The van der Waals surface area contributed by atoms with E-state index >= 15 is 0 Å². The first-order chi connectivity index (χ1) is 13.1. The van der Waals surface area contributed by atoms with Crippen LogP contribution in [-0.4, -0.2) is 38.4 Å². The second kappa shape index (κ2) is 9.28. The molecule has 144 valence electrons. The topological polar surface area (TPSA) is 62.8 Å². The molecule has 0 bridgehead atoms. The molecule has 0 aliphatic carbocycles. The number of rotatable bonds is 6. The van der Waals surface area contributed by atoms with Gasteiger partial charge in [0, 0.05) is 25.3 Å². The van der Waals surface area contributed by atoms with Gasteiger partial charge in [-0.25, -0.2) is 4.79 Å². The minimum Gasteiger partial charge on any atom is -0.489 e. The van der Waals surface area contributed by atoms with Crippen LogP contribution in [0.3, 0.4) is 0 Å². The Balaban J connectivity index is 1.52. The molecule has 0 saturated carbocycles. The van der Waals surface area contributed by atoms with E-state index in [0.717, 1.165) is 31.9 Å². The minimum atomic E-state index is -0.257. The zero-order valence-corrected chi connectivity index (χ0v) is 15.9. The van der Waals surface area contributed by atoms with Gasteiger partial charge in [-0.1, -0.05) is 24.3 Å². The number of morpholine rings is 1. The lowest BCUT2D eigenvalue weighted by Crippen LogP contribution is -2.36. The molecule has 1 heterocycles. The summed E-state index contributed by atoms with van der Waals surface area (Å²) >= 11 is 0. The second-order valence-electron chi connectivity index (χ2n) is 6.74. The summed E-state index contributed by atoms with van der Waals surface area (Å²) in [5.74, 6) is 0.664. The van der Waals surface area contributed by atoms with Crippen molar-refractivity contribution in [2.24, 2.45) is 0 Å². The fourth-order valence-electron chi connectivity index (χ4n) is 2.92. The van der Waals surface area contributed by atoms with Gasteiger partial charge >= 0.3 is 6.03 Å². The Bertz CT molecular complexity index is 741. The fraction of sp³-hybridized carbons (Fsp3) is 0.381. The van der Waals surface area contributed by atoms with Crippen LogP contribution in [-0.2, 0) is 11.3 Å². The number of hydrogen-bond donors (Lipinski definition) is 2. The Morgan fingerprint density at radius 3 is 2.52 bits per heavy atom. The van der Waals surface area contributed by atoms with Gasteiger partial charge in [-0.15, -0.1) is 0 Å². The van der Waals surface area contributed by atoms with Gasteiger partial charge in [0.2, 0.25) is 0 Å². The first-order valence-electron chi connectivity index (χ1n) is 9.34. The number of benzene rings is 2. The summed E-state index contributed by atoms with van der Waals surface area (Å²) in [6, 6.07) is 15.4. The van der Waals surface area contributed by atoms with Crippen molar-refractivity contribution in [2.75, 3.05) is 36.5 Å².